The molecule has 2 aromatic rings. The van der Waals surface area contributed by atoms with Gasteiger partial charge < -0.3 is 14.6 Å². The van der Waals surface area contributed by atoms with Crippen molar-refractivity contribution in [3.8, 4) is 5.75 Å². The molecule has 0 amide bonds. The fourth-order valence-electron chi connectivity index (χ4n) is 1.93. The molecule has 0 saturated heterocycles. The van der Waals surface area contributed by atoms with Gasteiger partial charge in [-0.15, -0.1) is 0 Å². The minimum absolute atomic E-state index is 0.487. The van der Waals surface area contributed by atoms with Crippen LogP contribution in [0.1, 0.15) is 24.6 Å². The van der Waals surface area contributed by atoms with Crippen LogP contribution in [0.4, 0.5) is 0 Å². The van der Waals surface area contributed by atoms with Gasteiger partial charge in [0.15, 0.2) is 0 Å². The van der Waals surface area contributed by atoms with Crippen LogP contribution in [0.15, 0.2) is 33.6 Å². The van der Waals surface area contributed by atoms with E-state index in [-0.39, 0.29) is 0 Å². The van der Waals surface area contributed by atoms with E-state index in [4.69, 9.17) is 4.74 Å². The molecule has 0 radical (unpaired) electrons. The Balaban J connectivity index is 2.04. The van der Waals surface area contributed by atoms with Gasteiger partial charge in [-0.1, -0.05) is 6.92 Å². The van der Waals surface area contributed by atoms with Crippen LogP contribution in [0, 0.1) is 0 Å². The number of ether oxygens (including phenoxy) is 1. The highest BCUT2D eigenvalue weighted by molar-refractivity contribution is 9.11. The number of aromatic nitrogens is 2. The van der Waals surface area contributed by atoms with Crippen molar-refractivity contribution >= 4 is 31.9 Å². The molecule has 0 atom stereocenters. The number of imidazole rings is 1. The summed E-state index contributed by atoms with van der Waals surface area (Å²) < 4.78 is 9.75. The molecular weight excluding hydrogens is 398 g/mol. The molecule has 4 nitrogen and oxygen atoms in total. The lowest BCUT2D eigenvalue weighted by Crippen LogP contribution is -2.13. The molecule has 0 aliphatic carbocycles. The number of nitrogens with zero attached hydrogens (tertiary/aromatic N) is 2. The summed E-state index contributed by atoms with van der Waals surface area (Å²) in [5, 5.41) is 3.39. The molecule has 0 aliphatic heterocycles. The molecule has 1 heterocycles. The summed E-state index contributed by atoms with van der Waals surface area (Å²) in [6, 6.07) is 4.18. The molecular formula is C15H19Br2N3O. The largest absolute Gasteiger partial charge is 0.485 e. The van der Waals surface area contributed by atoms with Crippen LogP contribution < -0.4 is 10.1 Å². The second-order valence-corrected chi connectivity index (χ2v) is 6.56. The molecule has 0 fully saturated rings. The van der Waals surface area contributed by atoms with Crippen molar-refractivity contribution in [1.29, 1.82) is 0 Å². The second kappa shape index (κ2) is 7.96. The number of benzene rings is 1. The number of hydrogen-bond donors (Lipinski definition) is 1. The summed E-state index contributed by atoms with van der Waals surface area (Å²) in [7, 11) is 1.96. The fourth-order valence-corrected chi connectivity index (χ4v) is 3.44. The monoisotopic (exact) mass is 415 g/mol. The molecule has 21 heavy (non-hydrogen) atoms. The minimum Gasteiger partial charge on any atom is -0.485 e. The van der Waals surface area contributed by atoms with Gasteiger partial charge in [0.25, 0.3) is 0 Å². The van der Waals surface area contributed by atoms with Crippen molar-refractivity contribution < 1.29 is 4.74 Å². The van der Waals surface area contributed by atoms with Gasteiger partial charge in [-0.3, -0.25) is 0 Å². The Labute approximate surface area is 142 Å². The topological polar surface area (TPSA) is 39.1 Å². The van der Waals surface area contributed by atoms with E-state index in [2.05, 4.69) is 61.2 Å². The predicted molar refractivity (Wildman–Crippen MR) is 91.4 cm³/mol. The Morgan fingerprint density at radius 1 is 1.29 bits per heavy atom. The number of hydrogen-bond acceptors (Lipinski definition) is 3. The third-order valence-corrected chi connectivity index (χ3v) is 4.27. The van der Waals surface area contributed by atoms with Crippen LogP contribution >= 0.6 is 31.9 Å². The normalized spacial score (nSPS) is 10.9. The Kier molecular flexibility index (Phi) is 6.26. The second-order valence-electron chi connectivity index (χ2n) is 4.85. The van der Waals surface area contributed by atoms with E-state index >= 15 is 0 Å². The smallest absolute Gasteiger partial charge is 0.148 e. The molecule has 1 aromatic carbocycles. The maximum atomic E-state index is 5.90. The maximum absolute atomic E-state index is 5.90. The molecule has 0 bridgehead atoms. The third-order valence-electron chi connectivity index (χ3n) is 3.09. The summed E-state index contributed by atoms with van der Waals surface area (Å²) in [4.78, 5) is 4.09. The van der Waals surface area contributed by atoms with E-state index in [9.17, 15) is 0 Å². The van der Waals surface area contributed by atoms with Crippen molar-refractivity contribution in [3.63, 3.8) is 0 Å². The maximum Gasteiger partial charge on any atom is 0.148 e. The van der Waals surface area contributed by atoms with E-state index in [1.165, 1.54) is 5.56 Å². The van der Waals surface area contributed by atoms with Crippen LogP contribution in [-0.4, -0.2) is 16.1 Å². The van der Waals surface area contributed by atoms with Crippen molar-refractivity contribution in [1.82, 2.24) is 14.9 Å². The first-order chi connectivity index (χ1) is 10.1. The Hall–Kier alpha value is -0.850. The molecule has 6 heteroatoms. The lowest BCUT2D eigenvalue weighted by molar-refractivity contribution is 0.293. The van der Waals surface area contributed by atoms with Gasteiger partial charge in [0.2, 0.25) is 0 Å². The van der Waals surface area contributed by atoms with Crippen LogP contribution in [0.2, 0.25) is 0 Å². The van der Waals surface area contributed by atoms with Gasteiger partial charge in [-0.05, 0) is 62.5 Å². The molecule has 2 rings (SSSR count). The molecule has 1 N–H and O–H groups in total. The average Bonchev–Trinajstić information content (AvgIpc) is 2.84. The fraction of sp³-hybridized carbons (Fsp3) is 0.400. The minimum atomic E-state index is 0.487. The average molecular weight is 417 g/mol. The zero-order valence-electron chi connectivity index (χ0n) is 12.2. The molecule has 0 aliphatic rings. The summed E-state index contributed by atoms with van der Waals surface area (Å²) in [5.74, 6) is 0.815. The van der Waals surface area contributed by atoms with Crippen LogP contribution in [-0.2, 0) is 20.2 Å². The van der Waals surface area contributed by atoms with Gasteiger partial charge in [0.1, 0.15) is 12.4 Å². The zero-order valence-corrected chi connectivity index (χ0v) is 15.4. The first kappa shape index (κ1) is 16.5. The number of aryl methyl sites for hydroxylation is 1. The molecule has 0 spiro atoms. The van der Waals surface area contributed by atoms with Gasteiger partial charge in [-0.25, -0.2) is 4.98 Å². The Morgan fingerprint density at radius 2 is 2.00 bits per heavy atom. The van der Waals surface area contributed by atoms with Crippen LogP contribution in [0.3, 0.4) is 0 Å². The first-order valence-corrected chi connectivity index (χ1v) is 8.47. The van der Waals surface area contributed by atoms with Crippen molar-refractivity contribution in [2.75, 3.05) is 6.54 Å². The van der Waals surface area contributed by atoms with Gasteiger partial charge >= 0.3 is 0 Å². The third kappa shape index (κ3) is 4.56. The summed E-state index contributed by atoms with van der Waals surface area (Å²) >= 11 is 7.17. The molecule has 0 unspecified atom stereocenters. The van der Waals surface area contributed by atoms with Crippen molar-refractivity contribution in [2.45, 2.75) is 26.5 Å². The SMILES string of the molecule is CCCNCc1cc(Br)c(OCc2cncn2C)c(Br)c1. The first-order valence-electron chi connectivity index (χ1n) is 6.88. The summed E-state index contributed by atoms with van der Waals surface area (Å²) in [6.45, 7) is 4.52. The number of rotatable bonds is 7. The van der Waals surface area contributed by atoms with E-state index < -0.39 is 0 Å². The standard InChI is InChI=1S/C15H19Br2N3O/c1-3-4-18-7-11-5-13(16)15(14(17)6-11)21-9-12-8-19-10-20(12)2/h5-6,8,10,18H,3-4,7,9H2,1-2H3. The lowest BCUT2D eigenvalue weighted by Gasteiger charge is -2.13. The zero-order chi connectivity index (χ0) is 15.2. The number of halogens is 2. The van der Waals surface area contributed by atoms with Gasteiger partial charge in [-0.2, -0.15) is 0 Å². The summed E-state index contributed by atoms with van der Waals surface area (Å²) in [6.07, 6.45) is 4.71. The Morgan fingerprint density at radius 3 is 2.57 bits per heavy atom. The predicted octanol–water partition coefficient (Wildman–Crippen LogP) is 4.02. The summed E-state index contributed by atoms with van der Waals surface area (Å²) in [5.41, 5.74) is 2.25. The lowest BCUT2D eigenvalue weighted by atomic mass is 10.2. The van der Waals surface area contributed by atoms with E-state index in [1.54, 1.807) is 6.33 Å². The highest BCUT2D eigenvalue weighted by Crippen LogP contribution is 2.35. The molecule has 0 saturated carbocycles. The Bertz CT molecular complexity index is 575. The van der Waals surface area contributed by atoms with Crippen LogP contribution in [0.5, 0.6) is 5.75 Å². The van der Waals surface area contributed by atoms with E-state index in [0.29, 0.717) is 6.61 Å². The van der Waals surface area contributed by atoms with E-state index in [0.717, 1.165) is 39.9 Å². The van der Waals surface area contributed by atoms with Crippen molar-refractivity contribution in [2.24, 2.45) is 7.05 Å². The van der Waals surface area contributed by atoms with Gasteiger partial charge in [0, 0.05) is 13.6 Å². The molecule has 1 aromatic heterocycles. The van der Waals surface area contributed by atoms with Crippen LogP contribution in [0.25, 0.3) is 0 Å². The number of nitrogens with one attached hydrogen (secondary N) is 1. The quantitative estimate of drug-likeness (QED) is 0.692. The van der Waals surface area contributed by atoms with Gasteiger partial charge in [0.05, 0.1) is 27.2 Å². The highest BCUT2D eigenvalue weighted by atomic mass is 79.9. The van der Waals surface area contributed by atoms with E-state index in [1.807, 2.05) is 17.8 Å². The highest BCUT2D eigenvalue weighted by Gasteiger charge is 2.10. The molecule has 114 valence electrons. The van der Waals surface area contributed by atoms with Crippen molar-refractivity contribution in [3.05, 3.63) is 44.9 Å².